The number of hydrogen-bond donors (Lipinski definition) is 0. The minimum atomic E-state index is 0.864. The minimum absolute atomic E-state index is 0.864. The lowest BCUT2D eigenvalue weighted by atomic mass is 9.68. The summed E-state index contributed by atoms with van der Waals surface area (Å²) in [5.41, 5.74) is 1.49. The Morgan fingerprint density at radius 2 is 1.27 bits per heavy atom. The summed E-state index contributed by atoms with van der Waals surface area (Å²) < 4.78 is 5.89. The third-order valence-corrected chi connectivity index (χ3v) is 8.18. The first-order valence-electron chi connectivity index (χ1n) is 13.5. The van der Waals surface area contributed by atoms with E-state index in [4.69, 9.17) is 4.74 Å². The molecule has 1 aromatic carbocycles. The molecule has 0 heterocycles. The van der Waals surface area contributed by atoms with Crippen LogP contribution >= 0.6 is 0 Å². The van der Waals surface area contributed by atoms with Crippen molar-refractivity contribution in [3.05, 3.63) is 29.8 Å². The second-order valence-electron chi connectivity index (χ2n) is 10.4. The van der Waals surface area contributed by atoms with E-state index in [0.717, 1.165) is 36.0 Å². The first-order chi connectivity index (χ1) is 14.8. The topological polar surface area (TPSA) is 9.23 Å². The van der Waals surface area contributed by atoms with Crippen LogP contribution in [0, 0.1) is 23.7 Å². The molecule has 0 saturated heterocycles. The first kappa shape index (κ1) is 23.7. The summed E-state index contributed by atoms with van der Waals surface area (Å²) in [5, 5.41) is 0. The number of rotatable bonds is 12. The fourth-order valence-corrected chi connectivity index (χ4v) is 6.15. The van der Waals surface area contributed by atoms with E-state index >= 15 is 0 Å². The average molecular weight is 413 g/mol. The zero-order valence-corrected chi connectivity index (χ0v) is 20.0. The third-order valence-electron chi connectivity index (χ3n) is 8.18. The van der Waals surface area contributed by atoms with E-state index in [2.05, 4.69) is 38.1 Å². The molecule has 30 heavy (non-hydrogen) atoms. The van der Waals surface area contributed by atoms with Crippen molar-refractivity contribution in [1.29, 1.82) is 0 Å². The summed E-state index contributed by atoms with van der Waals surface area (Å²) in [6, 6.07) is 8.95. The van der Waals surface area contributed by atoms with E-state index in [1.54, 1.807) is 0 Å². The van der Waals surface area contributed by atoms with Crippen molar-refractivity contribution < 1.29 is 4.74 Å². The molecule has 170 valence electrons. The largest absolute Gasteiger partial charge is 0.494 e. The molecule has 1 aromatic rings. The van der Waals surface area contributed by atoms with Gasteiger partial charge in [-0.1, -0.05) is 83.8 Å². The number of aryl methyl sites for hydroxylation is 1. The molecule has 0 radical (unpaired) electrons. The molecule has 1 heteroatoms. The van der Waals surface area contributed by atoms with E-state index in [0.29, 0.717) is 0 Å². The van der Waals surface area contributed by atoms with Gasteiger partial charge in [0.15, 0.2) is 0 Å². The molecule has 0 N–H and O–H groups in total. The maximum atomic E-state index is 5.89. The van der Waals surface area contributed by atoms with Crippen molar-refractivity contribution in [2.75, 3.05) is 6.61 Å². The molecule has 0 bridgehead atoms. The van der Waals surface area contributed by atoms with Crippen molar-refractivity contribution in [3.8, 4) is 5.75 Å². The van der Waals surface area contributed by atoms with E-state index in [1.165, 1.54) is 108 Å². The van der Waals surface area contributed by atoms with Gasteiger partial charge in [0.1, 0.15) is 5.75 Å². The minimum Gasteiger partial charge on any atom is -0.494 e. The van der Waals surface area contributed by atoms with Crippen LogP contribution in [0.2, 0.25) is 0 Å². The van der Waals surface area contributed by atoms with E-state index in [1.807, 2.05) is 0 Å². The van der Waals surface area contributed by atoms with Crippen LogP contribution in [0.25, 0.3) is 0 Å². The van der Waals surface area contributed by atoms with Crippen molar-refractivity contribution in [1.82, 2.24) is 0 Å². The molecule has 0 atom stereocenters. The quantitative estimate of drug-likeness (QED) is 0.311. The molecule has 0 amide bonds. The zero-order chi connectivity index (χ0) is 21.0. The predicted molar refractivity (Wildman–Crippen MR) is 130 cm³/mol. The number of benzene rings is 1. The highest BCUT2D eigenvalue weighted by Gasteiger charge is 2.30. The van der Waals surface area contributed by atoms with Gasteiger partial charge in [-0.3, -0.25) is 0 Å². The Hall–Kier alpha value is -0.980. The number of hydrogen-bond acceptors (Lipinski definition) is 1. The summed E-state index contributed by atoms with van der Waals surface area (Å²) in [7, 11) is 0. The Morgan fingerprint density at radius 1 is 0.667 bits per heavy atom. The molecule has 0 aromatic heterocycles. The maximum absolute atomic E-state index is 5.89. The van der Waals surface area contributed by atoms with E-state index in [-0.39, 0.29) is 0 Å². The van der Waals surface area contributed by atoms with Crippen molar-refractivity contribution in [3.63, 3.8) is 0 Å². The zero-order valence-electron chi connectivity index (χ0n) is 20.0. The highest BCUT2D eigenvalue weighted by molar-refractivity contribution is 5.27. The lowest BCUT2D eigenvalue weighted by molar-refractivity contribution is 0.141. The normalized spacial score (nSPS) is 27.1. The standard InChI is InChI=1S/C29H48O/c1-3-5-6-7-23-30-29-21-15-26(16-22-29)10-9-25-13-19-28(20-14-25)27-17-11-24(8-4-2)12-18-27/h15-16,21-22,24-25,27-28H,3-14,17-20,23H2,1-2H3/t24-,25-,27-,28-. The van der Waals surface area contributed by atoms with E-state index in [9.17, 15) is 0 Å². The number of ether oxygens (including phenoxy) is 1. The van der Waals surface area contributed by atoms with Gasteiger partial charge in [-0.25, -0.2) is 0 Å². The summed E-state index contributed by atoms with van der Waals surface area (Å²) in [4.78, 5) is 0. The van der Waals surface area contributed by atoms with Gasteiger partial charge in [0, 0.05) is 0 Å². The molecule has 0 aliphatic heterocycles. The Morgan fingerprint density at radius 3 is 1.83 bits per heavy atom. The summed E-state index contributed by atoms with van der Waals surface area (Å²) >= 11 is 0. The van der Waals surface area contributed by atoms with Crippen LogP contribution in [0.4, 0.5) is 0 Å². The molecule has 0 unspecified atom stereocenters. The Kier molecular flexibility index (Phi) is 10.6. The van der Waals surface area contributed by atoms with Gasteiger partial charge < -0.3 is 4.74 Å². The molecule has 3 rings (SSSR count). The summed E-state index contributed by atoms with van der Waals surface area (Å²) in [6.07, 6.45) is 22.7. The van der Waals surface area contributed by atoms with Gasteiger partial charge in [0.25, 0.3) is 0 Å². The van der Waals surface area contributed by atoms with Crippen LogP contribution in [-0.2, 0) is 6.42 Å². The molecule has 1 nitrogen and oxygen atoms in total. The van der Waals surface area contributed by atoms with Crippen molar-refractivity contribution in [2.45, 2.75) is 117 Å². The van der Waals surface area contributed by atoms with Crippen molar-refractivity contribution in [2.24, 2.45) is 23.7 Å². The predicted octanol–water partition coefficient (Wildman–Crippen LogP) is 8.99. The fourth-order valence-electron chi connectivity index (χ4n) is 6.15. The third kappa shape index (κ3) is 7.93. The SMILES string of the molecule is CCCCCCOc1ccc(CC[C@H]2CC[C@H]([C@H]3CC[C@H](CCC)CC3)CC2)cc1. The van der Waals surface area contributed by atoms with Crippen LogP contribution in [0.3, 0.4) is 0 Å². The van der Waals surface area contributed by atoms with Gasteiger partial charge in [-0.15, -0.1) is 0 Å². The highest BCUT2D eigenvalue weighted by Crippen LogP contribution is 2.42. The Bertz CT molecular complexity index is 546. The van der Waals surface area contributed by atoms with Gasteiger partial charge in [0.05, 0.1) is 6.61 Å². The molecular weight excluding hydrogens is 364 g/mol. The summed E-state index contributed by atoms with van der Waals surface area (Å²) in [6.45, 7) is 5.47. The first-order valence-corrected chi connectivity index (χ1v) is 13.5. The molecule has 0 spiro atoms. The second-order valence-corrected chi connectivity index (χ2v) is 10.4. The van der Waals surface area contributed by atoms with Crippen LogP contribution in [0.15, 0.2) is 24.3 Å². The molecule has 2 aliphatic carbocycles. The maximum Gasteiger partial charge on any atom is 0.119 e. The van der Waals surface area contributed by atoms with Crippen LogP contribution in [0.1, 0.15) is 116 Å². The van der Waals surface area contributed by atoms with Crippen LogP contribution in [0.5, 0.6) is 5.75 Å². The molecule has 2 aliphatic rings. The lowest BCUT2D eigenvalue weighted by Crippen LogP contribution is -2.26. The fraction of sp³-hybridized carbons (Fsp3) is 0.793. The monoisotopic (exact) mass is 412 g/mol. The van der Waals surface area contributed by atoms with Crippen LogP contribution < -0.4 is 4.74 Å². The van der Waals surface area contributed by atoms with Crippen molar-refractivity contribution >= 4 is 0 Å². The smallest absolute Gasteiger partial charge is 0.119 e. The number of unbranched alkanes of at least 4 members (excludes halogenated alkanes) is 3. The van der Waals surface area contributed by atoms with Gasteiger partial charge in [-0.2, -0.15) is 0 Å². The highest BCUT2D eigenvalue weighted by atomic mass is 16.5. The van der Waals surface area contributed by atoms with Gasteiger partial charge in [-0.05, 0) is 86.3 Å². The summed E-state index contributed by atoms with van der Waals surface area (Å²) in [5.74, 6) is 5.18. The van der Waals surface area contributed by atoms with Crippen LogP contribution in [-0.4, -0.2) is 6.61 Å². The average Bonchev–Trinajstić information content (AvgIpc) is 2.79. The van der Waals surface area contributed by atoms with E-state index < -0.39 is 0 Å². The van der Waals surface area contributed by atoms with Gasteiger partial charge in [0.2, 0.25) is 0 Å². The lowest BCUT2D eigenvalue weighted by Gasteiger charge is -2.38. The van der Waals surface area contributed by atoms with Gasteiger partial charge >= 0.3 is 0 Å². The molecule has 2 fully saturated rings. The Balaban J connectivity index is 1.29. The molecular formula is C29H48O. The molecule has 2 saturated carbocycles. The second kappa shape index (κ2) is 13.4. The Labute approximate surface area is 187 Å².